The molecule has 0 radical (unpaired) electrons. The van der Waals surface area contributed by atoms with Crippen molar-refractivity contribution in [1.82, 2.24) is 0 Å². The number of allylic oxidation sites excluding steroid dienone is 2. The molecular formula is C13H17NO2. The molecule has 0 fully saturated rings. The van der Waals surface area contributed by atoms with Gasteiger partial charge in [0, 0.05) is 5.57 Å². The molecule has 0 saturated heterocycles. The second kappa shape index (κ2) is 4.58. The van der Waals surface area contributed by atoms with Crippen LogP contribution < -0.4 is 0 Å². The highest BCUT2D eigenvalue weighted by molar-refractivity contribution is 6.06. The average molecular weight is 219 g/mol. The van der Waals surface area contributed by atoms with Crippen LogP contribution >= 0.6 is 0 Å². The topological polar surface area (TPSA) is 46.5 Å². The molecule has 0 saturated carbocycles. The normalized spacial score (nSPS) is 24.6. The molecular weight excluding hydrogens is 202 g/mol. The molecule has 0 heterocycles. The van der Waals surface area contributed by atoms with Gasteiger partial charge in [0.2, 0.25) is 6.08 Å². The van der Waals surface area contributed by atoms with E-state index in [9.17, 15) is 9.59 Å². The summed E-state index contributed by atoms with van der Waals surface area (Å²) in [6.45, 7) is 7.68. The second-order valence-corrected chi connectivity index (χ2v) is 4.65. The first-order valence-corrected chi connectivity index (χ1v) is 5.49. The fraction of sp³-hybridized carbons (Fsp3) is 0.538. The van der Waals surface area contributed by atoms with E-state index in [-0.39, 0.29) is 17.6 Å². The maximum atomic E-state index is 12.3. The largest absolute Gasteiger partial charge is 0.291 e. The predicted molar refractivity (Wildman–Crippen MR) is 62.8 cm³/mol. The minimum Gasteiger partial charge on any atom is -0.291 e. The molecule has 1 atom stereocenters. The number of Topliss-reactive ketones (excluding diaryl/α,β-unsaturated/α-hetero) is 1. The molecule has 3 nitrogen and oxygen atoms in total. The molecule has 0 amide bonds. The highest BCUT2D eigenvalue weighted by Gasteiger charge is 2.42. The Bertz CT molecular complexity index is 398. The first-order chi connectivity index (χ1) is 7.45. The average Bonchev–Trinajstić information content (AvgIpc) is 2.20. The van der Waals surface area contributed by atoms with Crippen molar-refractivity contribution in [1.29, 1.82) is 0 Å². The van der Waals surface area contributed by atoms with E-state index >= 15 is 0 Å². The molecule has 1 aliphatic rings. The molecule has 16 heavy (non-hydrogen) atoms. The molecule has 0 aromatic carbocycles. The minimum absolute atomic E-state index is 0.0554. The lowest BCUT2D eigenvalue weighted by molar-refractivity contribution is -0.120. The first-order valence-electron chi connectivity index (χ1n) is 5.49. The lowest BCUT2D eigenvalue weighted by atomic mass is 9.75. The summed E-state index contributed by atoms with van der Waals surface area (Å²) in [7, 11) is 0. The highest BCUT2D eigenvalue weighted by Crippen LogP contribution is 2.33. The van der Waals surface area contributed by atoms with Crippen LogP contribution in [0.5, 0.6) is 0 Å². The summed E-state index contributed by atoms with van der Waals surface area (Å²) in [6, 6.07) is 0. The summed E-state index contributed by atoms with van der Waals surface area (Å²) in [5, 5.41) is 0. The van der Waals surface area contributed by atoms with Crippen LogP contribution in [0.25, 0.3) is 0 Å². The van der Waals surface area contributed by atoms with Crippen LogP contribution in [0.3, 0.4) is 0 Å². The van der Waals surface area contributed by atoms with E-state index in [1.807, 2.05) is 27.7 Å². The van der Waals surface area contributed by atoms with E-state index in [2.05, 4.69) is 4.99 Å². The molecule has 0 N–H and O–H groups in total. The van der Waals surface area contributed by atoms with Gasteiger partial charge in [-0.3, -0.25) is 4.79 Å². The third-order valence-electron chi connectivity index (χ3n) is 2.98. The Kier molecular flexibility index (Phi) is 3.61. The Hall–Kier alpha value is -1.47. The van der Waals surface area contributed by atoms with E-state index in [1.165, 1.54) is 6.08 Å². The molecule has 86 valence electrons. The second-order valence-electron chi connectivity index (χ2n) is 4.65. The van der Waals surface area contributed by atoms with Gasteiger partial charge in [0.05, 0.1) is 0 Å². The fourth-order valence-electron chi connectivity index (χ4n) is 1.88. The Morgan fingerprint density at radius 1 is 1.31 bits per heavy atom. The van der Waals surface area contributed by atoms with Crippen molar-refractivity contribution < 1.29 is 9.59 Å². The zero-order valence-corrected chi connectivity index (χ0v) is 10.2. The third kappa shape index (κ3) is 1.91. The van der Waals surface area contributed by atoms with Gasteiger partial charge in [0.25, 0.3) is 0 Å². The van der Waals surface area contributed by atoms with Crippen molar-refractivity contribution in [3.63, 3.8) is 0 Å². The lowest BCUT2D eigenvalue weighted by Gasteiger charge is -2.31. The van der Waals surface area contributed by atoms with Crippen LogP contribution in [0.1, 0.15) is 27.7 Å². The van der Waals surface area contributed by atoms with Gasteiger partial charge in [-0.1, -0.05) is 39.8 Å². The molecule has 3 heteroatoms. The van der Waals surface area contributed by atoms with E-state index in [0.29, 0.717) is 0 Å². The van der Waals surface area contributed by atoms with Crippen LogP contribution in [-0.2, 0) is 9.59 Å². The van der Waals surface area contributed by atoms with Crippen molar-refractivity contribution >= 4 is 11.9 Å². The Morgan fingerprint density at radius 3 is 2.38 bits per heavy atom. The number of carbonyl (C=O) groups excluding carboxylic acids is 2. The van der Waals surface area contributed by atoms with E-state index in [4.69, 9.17) is 0 Å². The van der Waals surface area contributed by atoms with Crippen molar-refractivity contribution in [3.05, 3.63) is 23.8 Å². The van der Waals surface area contributed by atoms with Gasteiger partial charge in [-0.2, -0.15) is 4.99 Å². The number of carbonyl (C=O) groups is 1. The smallest absolute Gasteiger partial charge is 0.236 e. The number of hydrogen-bond acceptors (Lipinski definition) is 3. The van der Waals surface area contributed by atoms with Crippen LogP contribution in [0.15, 0.2) is 28.8 Å². The Balaban J connectivity index is 3.27. The number of nitrogens with zero attached hydrogens (tertiary/aromatic N) is 1. The quantitative estimate of drug-likeness (QED) is 0.540. The minimum atomic E-state index is -1.05. The van der Waals surface area contributed by atoms with Crippen molar-refractivity contribution in [2.75, 3.05) is 0 Å². The summed E-state index contributed by atoms with van der Waals surface area (Å²) in [4.78, 5) is 26.6. The third-order valence-corrected chi connectivity index (χ3v) is 2.98. The zero-order chi connectivity index (χ0) is 12.3. The summed E-state index contributed by atoms with van der Waals surface area (Å²) in [5.74, 6) is 0.000858. The first kappa shape index (κ1) is 12.6. The zero-order valence-electron chi connectivity index (χ0n) is 10.2. The molecule has 0 aromatic rings. The highest BCUT2D eigenvalue weighted by atomic mass is 16.1. The van der Waals surface area contributed by atoms with Crippen molar-refractivity contribution in [2.24, 2.45) is 16.8 Å². The van der Waals surface area contributed by atoms with E-state index < -0.39 is 5.54 Å². The molecule has 1 unspecified atom stereocenters. The lowest BCUT2D eigenvalue weighted by Crippen LogP contribution is -2.43. The van der Waals surface area contributed by atoms with Gasteiger partial charge in [0.1, 0.15) is 0 Å². The van der Waals surface area contributed by atoms with Gasteiger partial charge < -0.3 is 0 Å². The van der Waals surface area contributed by atoms with Gasteiger partial charge in [0.15, 0.2) is 11.3 Å². The SMILES string of the molecule is CC(C)C1=CC=CC(N=C=O)(C(C)C)C1=O. The van der Waals surface area contributed by atoms with E-state index in [0.717, 1.165) is 5.57 Å². The summed E-state index contributed by atoms with van der Waals surface area (Å²) in [5.41, 5.74) is -0.328. The monoisotopic (exact) mass is 219 g/mol. The van der Waals surface area contributed by atoms with Gasteiger partial charge in [-0.05, 0) is 17.9 Å². The van der Waals surface area contributed by atoms with Crippen LogP contribution in [0, 0.1) is 11.8 Å². The summed E-state index contributed by atoms with van der Waals surface area (Å²) >= 11 is 0. The van der Waals surface area contributed by atoms with E-state index in [1.54, 1.807) is 18.2 Å². The van der Waals surface area contributed by atoms with Crippen molar-refractivity contribution in [2.45, 2.75) is 33.2 Å². The molecule has 1 aliphatic carbocycles. The van der Waals surface area contributed by atoms with Crippen LogP contribution in [0.4, 0.5) is 0 Å². The standard InChI is InChI=1S/C13H17NO2/c1-9(2)11-6-5-7-13(10(3)4,12(11)16)14-8-15/h5-7,9-10H,1-4H3. The fourth-order valence-corrected chi connectivity index (χ4v) is 1.88. The number of aliphatic imine (C=N–C) groups is 1. The Labute approximate surface area is 96.0 Å². The van der Waals surface area contributed by atoms with Gasteiger partial charge in [-0.25, -0.2) is 4.79 Å². The molecule has 0 spiro atoms. The maximum absolute atomic E-state index is 12.3. The molecule has 0 aliphatic heterocycles. The van der Waals surface area contributed by atoms with Crippen LogP contribution in [-0.4, -0.2) is 17.4 Å². The molecule has 0 bridgehead atoms. The van der Waals surface area contributed by atoms with Crippen molar-refractivity contribution in [3.8, 4) is 0 Å². The maximum Gasteiger partial charge on any atom is 0.236 e. The van der Waals surface area contributed by atoms with Gasteiger partial charge in [-0.15, -0.1) is 0 Å². The predicted octanol–water partition coefficient (Wildman–Crippen LogP) is 2.44. The van der Waals surface area contributed by atoms with Gasteiger partial charge >= 0.3 is 0 Å². The summed E-state index contributed by atoms with van der Waals surface area (Å²) in [6.07, 6.45) is 6.82. The number of rotatable bonds is 3. The molecule has 0 aromatic heterocycles. The number of ketones is 1. The summed E-state index contributed by atoms with van der Waals surface area (Å²) < 4.78 is 0. The van der Waals surface area contributed by atoms with Crippen LogP contribution in [0.2, 0.25) is 0 Å². The molecule has 1 rings (SSSR count). The number of isocyanates is 1. The Morgan fingerprint density at radius 2 is 1.94 bits per heavy atom. The number of hydrogen-bond donors (Lipinski definition) is 0.